The topological polar surface area (TPSA) is 104 Å². The van der Waals surface area contributed by atoms with E-state index >= 15 is 0 Å². The van der Waals surface area contributed by atoms with Crippen LogP contribution >= 0.6 is 0 Å². The molecule has 2 aliphatic rings. The van der Waals surface area contributed by atoms with Crippen molar-refractivity contribution in [1.29, 1.82) is 0 Å². The Labute approximate surface area is 153 Å². The molecule has 0 bridgehead atoms. The van der Waals surface area contributed by atoms with E-state index in [1.807, 2.05) is 0 Å². The highest BCUT2D eigenvalue weighted by Gasteiger charge is 2.53. The number of carboxylic acids is 1. The van der Waals surface area contributed by atoms with Crippen LogP contribution in [0.3, 0.4) is 0 Å². The van der Waals surface area contributed by atoms with Crippen molar-refractivity contribution in [3.8, 4) is 5.75 Å². The summed E-state index contributed by atoms with van der Waals surface area (Å²) in [5.74, 6) is -0.658. The van der Waals surface area contributed by atoms with Gasteiger partial charge in [0.15, 0.2) is 0 Å². The van der Waals surface area contributed by atoms with Gasteiger partial charge >= 0.3 is 5.97 Å². The Morgan fingerprint density at radius 1 is 1.35 bits per heavy atom. The Morgan fingerprint density at radius 2 is 2.04 bits per heavy atom. The number of piperidine rings is 1. The Bertz CT molecular complexity index is 804. The first-order valence-electron chi connectivity index (χ1n) is 8.77. The van der Waals surface area contributed by atoms with Gasteiger partial charge in [0.1, 0.15) is 16.1 Å². The number of aliphatic hydroxyl groups is 1. The number of hydrogen-bond donors (Lipinski definition) is 2. The second-order valence-electron chi connectivity index (χ2n) is 7.41. The van der Waals surface area contributed by atoms with Crippen molar-refractivity contribution >= 4 is 16.0 Å². The van der Waals surface area contributed by atoms with Gasteiger partial charge in [-0.05, 0) is 43.4 Å². The summed E-state index contributed by atoms with van der Waals surface area (Å²) in [6.45, 7) is 1.65. The minimum absolute atomic E-state index is 0.0297. The monoisotopic (exact) mass is 383 g/mol. The predicted molar refractivity (Wildman–Crippen MR) is 94.5 cm³/mol. The fraction of sp³-hybridized carbons (Fsp3) is 0.611. The van der Waals surface area contributed by atoms with Crippen molar-refractivity contribution in [1.82, 2.24) is 4.31 Å². The summed E-state index contributed by atoms with van der Waals surface area (Å²) in [7, 11) is -2.54. The third-order valence-corrected chi connectivity index (χ3v) is 7.33. The number of rotatable bonds is 6. The highest BCUT2D eigenvalue weighted by Crippen LogP contribution is 2.46. The number of carboxylic acid groups (broad SMARTS) is 1. The number of carbonyl (C=O) groups is 1. The molecule has 0 spiro atoms. The number of sulfonamides is 1. The van der Waals surface area contributed by atoms with Crippen LogP contribution in [0.5, 0.6) is 5.75 Å². The van der Waals surface area contributed by atoms with E-state index in [0.717, 1.165) is 18.4 Å². The summed E-state index contributed by atoms with van der Waals surface area (Å²) in [6.07, 6.45) is 1.22. The molecule has 3 rings (SSSR count). The summed E-state index contributed by atoms with van der Waals surface area (Å²) < 4.78 is 32.8. The van der Waals surface area contributed by atoms with Crippen LogP contribution in [-0.2, 0) is 14.8 Å². The molecule has 0 radical (unpaired) electrons. The Kier molecular flexibility index (Phi) is 5.02. The van der Waals surface area contributed by atoms with E-state index in [4.69, 9.17) is 4.74 Å². The fourth-order valence-electron chi connectivity index (χ4n) is 3.71. The number of benzene rings is 1. The lowest BCUT2D eigenvalue weighted by Crippen LogP contribution is -2.57. The molecular formula is C18H25NO6S. The molecule has 0 unspecified atom stereocenters. The molecular weight excluding hydrogens is 358 g/mol. The maximum atomic E-state index is 13.2. The molecule has 2 fully saturated rings. The number of hydrogen-bond acceptors (Lipinski definition) is 5. The van der Waals surface area contributed by atoms with E-state index in [1.165, 1.54) is 17.5 Å². The van der Waals surface area contributed by atoms with E-state index in [9.17, 15) is 23.4 Å². The van der Waals surface area contributed by atoms with E-state index in [1.54, 1.807) is 19.1 Å². The highest BCUT2D eigenvalue weighted by atomic mass is 32.2. The van der Waals surface area contributed by atoms with Gasteiger partial charge in [0, 0.05) is 13.1 Å². The first-order valence-corrected chi connectivity index (χ1v) is 10.2. The SMILES string of the molecule is COc1ccc(C)cc1S(=O)(=O)N1CC[C@H](O)[C@@](CC2CC2)(C(=O)O)C1. The van der Waals surface area contributed by atoms with Crippen molar-refractivity contribution in [2.24, 2.45) is 11.3 Å². The fourth-order valence-corrected chi connectivity index (χ4v) is 5.47. The first kappa shape index (κ1) is 19.1. The molecule has 1 saturated heterocycles. The molecule has 0 aromatic heterocycles. The van der Waals surface area contributed by atoms with Gasteiger partial charge in [0.25, 0.3) is 0 Å². The highest BCUT2D eigenvalue weighted by molar-refractivity contribution is 7.89. The molecule has 1 aliphatic heterocycles. The van der Waals surface area contributed by atoms with Crippen molar-refractivity contribution in [3.63, 3.8) is 0 Å². The van der Waals surface area contributed by atoms with Crippen LogP contribution in [0, 0.1) is 18.3 Å². The van der Waals surface area contributed by atoms with E-state index < -0.39 is 27.5 Å². The van der Waals surface area contributed by atoms with Gasteiger partial charge in [0.2, 0.25) is 10.0 Å². The number of aliphatic carboxylic acids is 1. The smallest absolute Gasteiger partial charge is 0.313 e. The van der Waals surface area contributed by atoms with Gasteiger partial charge in [-0.15, -0.1) is 0 Å². The molecule has 0 amide bonds. The number of aryl methyl sites for hydroxylation is 1. The number of nitrogens with zero attached hydrogens (tertiary/aromatic N) is 1. The average molecular weight is 383 g/mol. The molecule has 26 heavy (non-hydrogen) atoms. The maximum Gasteiger partial charge on any atom is 0.313 e. The second-order valence-corrected chi connectivity index (χ2v) is 9.31. The number of aliphatic hydroxyl groups excluding tert-OH is 1. The van der Waals surface area contributed by atoms with Crippen molar-refractivity contribution < 1.29 is 28.2 Å². The molecule has 1 aliphatic carbocycles. The van der Waals surface area contributed by atoms with E-state index in [2.05, 4.69) is 0 Å². The third-order valence-electron chi connectivity index (χ3n) is 5.46. The maximum absolute atomic E-state index is 13.2. The third kappa shape index (κ3) is 3.33. The summed E-state index contributed by atoms with van der Waals surface area (Å²) in [5, 5.41) is 20.3. The second kappa shape index (κ2) is 6.83. The van der Waals surface area contributed by atoms with Crippen LogP contribution in [0.2, 0.25) is 0 Å². The Balaban J connectivity index is 1.98. The van der Waals surface area contributed by atoms with Crippen LogP contribution in [0.25, 0.3) is 0 Å². The molecule has 1 aromatic carbocycles. The molecule has 2 atom stereocenters. The number of ether oxygens (including phenoxy) is 1. The quantitative estimate of drug-likeness (QED) is 0.774. The zero-order valence-electron chi connectivity index (χ0n) is 15.0. The van der Waals surface area contributed by atoms with Gasteiger partial charge in [-0.2, -0.15) is 4.31 Å². The Morgan fingerprint density at radius 3 is 2.62 bits per heavy atom. The van der Waals surface area contributed by atoms with Crippen LogP contribution in [0.15, 0.2) is 23.1 Å². The van der Waals surface area contributed by atoms with Crippen LogP contribution < -0.4 is 4.74 Å². The summed E-state index contributed by atoms with van der Waals surface area (Å²) in [6, 6.07) is 4.88. The molecule has 8 heteroatoms. The van der Waals surface area contributed by atoms with Crippen LogP contribution in [0.4, 0.5) is 0 Å². The van der Waals surface area contributed by atoms with E-state index in [0.29, 0.717) is 6.42 Å². The number of methoxy groups -OCH3 is 1. The van der Waals surface area contributed by atoms with Gasteiger partial charge in [-0.3, -0.25) is 4.79 Å². The summed E-state index contributed by atoms with van der Waals surface area (Å²) in [5.41, 5.74) is -0.687. The van der Waals surface area contributed by atoms with Crippen molar-refractivity contribution in [2.75, 3.05) is 20.2 Å². The van der Waals surface area contributed by atoms with Crippen LogP contribution in [0.1, 0.15) is 31.2 Å². The molecule has 144 valence electrons. The van der Waals surface area contributed by atoms with Crippen LogP contribution in [-0.4, -0.2) is 55.2 Å². The lowest BCUT2D eigenvalue weighted by molar-refractivity contribution is -0.162. The minimum Gasteiger partial charge on any atom is -0.495 e. The molecule has 1 heterocycles. The molecule has 2 N–H and O–H groups in total. The minimum atomic E-state index is -3.94. The molecule has 1 saturated carbocycles. The lowest BCUT2D eigenvalue weighted by atomic mass is 9.74. The average Bonchev–Trinajstić information content (AvgIpc) is 3.40. The van der Waals surface area contributed by atoms with Gasteiger partial charge in [-0.25, -0.2) is 8.42 Å². The van der Waals surface area contributed by atoms with Gasteiger partial charge in [-0.1, -0.05) is 18.9 Å². The Hall–Kier alpha value is -1.64. The first-order chi connectivity index (χ1) is 12.2. The standard InChI is InChI=1S/C18H25NO6S/c1-12-3-6-14(25-2)15(9-12)26(23,24)19-8-7-16(20)18(11-19,17(21)22)10-13-4-5-13/h3,6,9,13,16,20H,4-5,7-8,10-11H2,1-2H3,(H,21,22)/t16-,18-/m0/s1. The lowest BCUT2D eigenvalue weighted by Gasteiger charge is -2.42. The summed E-state index contributed by atoms with van der Waals surface area (Å²) >= 11 is 0. The zero-order valence-corrected chi connectivity index (χ0v) is 15.8. The largest absolute Gasteiger partial charge is 0.495 e. The van der Waals surface area contributed by atoms with Crippen molar-refractivity contribution in [2.45, 2.75) is 43.6 Å². The summed E-state index contributed by atoms with van der Waals surface area (Å²) in [4.78, 5) is 12.1. The molecule has 1 aromatic rings. The van der Waals surface area contributed by atoms with Gasteiger partial charge < -0.3 is 14.9 Å². The zero-order chi connectivity index (χ0) is 19.1. The predicted octanol–water partition coefficient (Wildman–Crippen LogP) is 1.63. The molecule has 7 nitrogen and oxygen atoms in total. The van der Waals surface area contributed by atoms with Gasteiger partial charge in [0.05, 0.1) is 13.2 Å². The van der Waals surface area contributed by atoms with E-state index in [-0.39, 0.29) is 36.1 Å². The normalized spacial score (nSPS) is 27.3. The van der Waals surface area contributed by atoms with Crippen molar-refractivity contribution in [3.05, 3.63) is 23.8 Å².